The quantitative estimate of drug-likeness (QED) is 0.895. The van der Waals surface area contributed by atoms with Crippen LogP contribution in [0.2, 0.25) is 0 Å². The number of hydrogen-bond acceptors (Lipinski definition) is 3. The summed E-state index contributed by atoms with van der Waals surface area (Å²) >= 11 is 0. The minimum atomic E-state index is -0.862. The van der Waals surface area contributed by atoms with Crippen molar-refractivity contribution < 1.29 is 9.90 Å². The molecule has 20 heavy (non-hydrogen) atoms. The van der Waals surface area contributed by atoms with Crippen LogP contribution in [-0.2, 0) is 6.54 Å². The van der Waals surface area contributed by atoms with E-state index in [9.17, 15) is 4.79 Å². The maximum atomic E-state index is 11.0. The van der Waals surface area contributed by atoms with Gasteiger partial charge in [-0.05, 0) is 50.2 Å². The molecule has 1 atom stereocenters. The first-order valence-corrected chi connectivity index (χ1v) is 7.07. The Morgan fingerprint density at radius 3 is 2.85 bits per heavy atom. The lowest BCUT2D eigenvalue weighted by Crippen LogP contribution is -2.35. The van der Waals surface area contributed by atoms with E-state index in [0.717, 1.165) is 25.2 Å². The predicted molar refractivity (Wildman–Crippen MR) is 80.0 cm³/mol. The molecule has 1 aliphatic rings. The van der Waals surface area contributed by atoms with Crippen LogP contribution < -0.4 is 0 Å². The van der Waals surface area contributed by atoms with Crippen LogP contribution in [0.5, 0.6) is 0 Å². The fraction of sp³-hybridized carbons (Fsp3) is 0.562. The van der Waals surface area contributed by atoms with Crippen molar-refractivity contribution in [2.75, 3.05) is 33.7 Å². The molecule has 1 aromatic carbocycles. The fourth-order valence-corrected chi connectivity index (χ4v) is 3.22. The highest BCUT2D eigenvalue weighted by molar-refractivity contribution is 5.87. The molecule has 0 bridgehead atoms. The zero-order valence-electron chi connectivity index (χ0n) is 12.6. The summed E-state index contributed by atoms with van der Waals surface area (Å²) < 4.78 is 0. The Bertz CT molecular complexity index is 489. The first-order chi connectivity index (χ1) is 9.38. The highest BCUT2D eigenvalue weighted by atomic mass is 16.4. The number of aromatic carboxylic acids is 1. The van der Waals surface area contributed by atoms with Crippen molar-refractivity contribution in [3.63, 3.8) is 0 Å². The molecule has 1 aliphatic heterocycles. The number of benzene rings is 1. The molecule has 2 rings (SSSR count). The second kappa shape index (κ2) is 5.94. The Kier molecular flexibility index (Phi) is 4.45. The number of carboxylic acids is 1. The molecule has 1 saturated heterocycles. The van der Waals surface area contributed by atoms with Gasteiger partial charge in [0.15, 0.2) is 0 Å². The second-order valence-corrected chi connectivity index (χ2v) is 6.48. The van der Waals surface area contributed by atoms with Crippen LogP contribution in [-0.4, -0.2) is 54.6 Å². The van der Waals surface area contributed by atoms with E-state index < -0.39 is 5.97 Å². The summed E-state index contributed by atoms with van der Waals surface area (Å²) in [6.07, 6.45) is 1.23. The summed E-state index contributed by atoms with van der Waals surface area (Å²) in [5.74, 6) is -0.862. The highest BCUT2D eigenvalue weighted by Gasteiger charge is 2.32. The molecule has 0 saturated carbocycles. The first-order valence-electron chi connectivity index (χ1n) is 7.07. The molecule has 110 valence electrons. The van der Waals surface area contributed by atoms with Gasteiger partial charge >= 0.3 is 5.97 Å². The van der Waals surface area contributed by atoms with Gasteiger partial charge in [0, 0.05) is 19.6 Å². The zero-order chi connectivity index (χ0) is 14.8. The van der Waals surface area contributed by atoms with Crippen molar-refractivity contribution in [1.82, 2.24) is 9.80 Å². The first kappa shape index (κ1) is 15.0. The maximum absolute atomic E-state index is 11.0. The molecule has 0 amide bonds. The molecule has 4 heteroatoms. The highest BCUT2D eigenvalue weighted by Crippen LogP contribution is 2.29. The third kappa shape index (κ3) is 3.81. The van der Waals surface area contributed by atoms with Crippen LogP contribution in [0.1, 0.15) is 29.3 Å². The van der Waals surface area contributed by atoms with Crippen LogP contribution in [0, 0.1) is 5.41 Å². The second-order valence-electron chi connectivity index (χ2n) is 6.48. The summed E-state index contributed by atoms with van der Waals surface area (Å²) in [6, 6.07) is 7.21. The largest absolute Gasteiger partial charge is 0.478 e. The zero-order valence-corrected chi connectivity index (χ0v) is 12.6. The SMILES string of the molecule is CN1CC[C@](C)(CN(C)Cc2cccc(C(=O)O)c2)C1. The fourth-order valence-electron chi connectivity index (χ4n) is 3.22. The van der Waals surface area contributed by atoms with E-state index in [4.69, 9.17) is 5.11 Å². The van der Waals surface area contributed by atoms with Gasteiger partial charge in [0.25, 0.3) is 0 Å². The monoisotopic (exact) mass is 276 g/mol. The van der Waals surface area contributed by atoms with Gasteiger partial charge in [0.2, 0.25) is 0 Å². The molecule has 0 spiro atoms. The molecular formula is C16H24N2O2. The van der Waals surface area contributed by atoms with Gasteiger partial charge in [-0.3, -0.25) is 0 Å². The van der Waals surface area contributed by atoms with Crippen LogP contribution in [0.4, 0.5) is 0 Å². The molecule has 1 aromatic rings. The van der Waals surface area contributed by atoms with Crippen LogP contribution in [0.3, 0.4) is 0 Å². The smallest absolute Gasteiger partial charge is 0.335 e. The summed E-state index contributed by atoms with van der Waals surface area (Å²) in [7, 11) is 4.28. The van der Waals surface area contributed by atoms with Gasteiger partial charge in [-0.25, -0.2) is 4.79 Å². The maximum Gasteiger partial charge on any atom is 0.335 e. The van der Waals surface area contributed by atoms with Gasteiger partial charge in [-0.2, -0.15) is 0 Å². The van der Waals surface area contributed by atoms with E-state index >= 15 is 0 Å². The Balaban J connectivity index is 1.96. The molecule has 1 fully saturated rings. The van der Waals surface area contributed by atoms with E-state index in [1.165, 1.54) is 13.0 Å². The molecule has 0 aliphatic carbocycles. The van der Waals surface area contributed by atoms with Gasteiger partial charge in [-0.15, -0.1) is 0 Å². The number of carboxylic acid groups (broad SMARTS) is 1. The third-order valence-electron chi connectivity index (χ3n) is 4.03. The van der Waals surface area contributed by atoms with Gasteiger partial charge < -0.3 is 14.9 Å². The standard InChI is InChI=1S/C16H24N2O2/c1-16(7-8-17(2)11-16)12-18(3)10-13-5-4-6-14(9-13)15(19)20/h4-6,9H,7-8,10-12H2,1-3H3,(H,19,20)/t16-/m0/s1. The van der Waals surface area contributed by atoms with Crippen LogP contribution in [0.15, 0.2) is 24.3 Å². The van der Waals surface area contributed by atoms with Crippen LogP contribution in [0.25, 0.3) is 0 Å². The molecule has 0 radical (unpaired) electrons. The lowest BCUT2D eigenvalue weighted by molar-refractivity contribution is 0.0696. The Morgan fingerprint density at radius 2 is 2.25 bits per heavy atom. The number of likely N-dealkylation sites (tertiary alicyclic amines) is 1. The van der Waals surface area contributed by atoms with Gasteiger partial charge in [-0.1, -0.05) is 19.1 Å². The van der Waals surface area contributed by atoms with Gasteiger partial charge in [0.1, 0.15) is 0 Å². The van der Waals surface area contributed by atoms with Crippen molar-refractivity contribution in [2.45, 2.75) is 19.9 Å². The molecule has 0 aromatic heterocycles. The normalized spacial score (nSPS) is 23.4. The Labute approximate surface area is 121 Å². The Morgan fingerprint density at radius 1 is 1.50 bits per heavy atom. The minimum absolute atomic E-state index is 0.341. The van der Waals surface area contributed by atoms with E-state index in [1.807, 2.05) is 12.1 Å². The number of hydrogen-bond donors (Lipinski definition) is 1. The van der Waals surface area contributed by atoms with E-state index in [-0.39, 0.29) is 0 Å². The van der Waals surface area contributed by atoms with Gasteiger partial charge in [0.05, 0.1) is 5.56 Å². The van der Waals surface area contributed by atoms with Crippen molar-refractivity contribution in [3.8, 4) is 0 Å². The molecule has 4 nitrogen and oxygen atoms in total. The number of nitrogens with zero attached hydrogens (tertiary/aromatic N) is 2. The van der Waals surface area contributed by atoms with E-state index in [1.54, 1.807) is 12.1 Å². The lowest BCUT2D eigenvalue weighted by Gasteiger charge is -2.30. The summed E-state index contributed by atoms with van der Waals surface area (Å²) in [5, 5.41) is 9.02. The average molecular weight is 276 g/mol. The van der Waals surface area contributed by atoms with E-state index in [2.05, 4.69) is 30.8 Å². The molecule has 0 unspecified atom stereocenters. The van der Waals surface area contributed by atoms with Crippen molar-refractivity contribution in [1.29, 1.82) is 0 Å². The molecular weight excluding hydrogens is 252 g/mol. The molecule has 1 N–H and O–H groups in total. The Hall–Kier alpha value is -1.39. The summed E-state index contributed by atoms with van der Waals surface area (Å²) in [6.45, 7) is 6.46. The van der Waals surface area contributed by atoms with Crippen molar-refractivity contribution in [2.24, 2.45) is 5.41 Å². The topological polar surface area (TPSA) is 43.8 Å². The average Bonchev–Trinajstić information content (AvgIpc) is 2.68. The van der Waals surface area contributed by atoms with Crippen LogP contribution >= 0.6 is 0 Å². The summed E-state index contributed by atoms with van der Waals surface area (Å²) in [5.41, 5.74) is 1.76. The third-order valence-corrected chi connectivity index (χ3v) is 4.03. The number of rotatable bonds is 5. The molecule has 1 heterocycles. The minimum Gasteiger partial charge on any atom is -0.478 e. The van der Waals surface area contributed by atoms with Crippen molar-refractivity contribution >= 4 is 5.97 Å². The van der Waals surface area contributed by atoms with Crippen molar-refractivity contribution in [3.05, 3.63) is 35.4 Å². The predicted octanol–water partition coefficient (Wildman–Crippen LogP) is 2.16. The lowest BCUT2D eigenvalue weighted by atomic mass is 9.89. The van der Waals surface area contributed by atoms with E-state index in [0.29, 0.717) is 11.0 Å². The number of carbonyl (C=O) groups is 1. The summed E-state index contributed by atoms with van der Waals surface area (Å²) in [4.78, 5) is 15.7.